The topological polar surface area (TPSA) is 58.6 Å². The number of esters is 1. The summed E-state index contributed by atoms with van der Waals surface area (Å²) in [5.74, 6) is -0.498. The molecule has 0 aromatic heterocycles. The van der Waals surface area contributed by atoms with Crippen molar-refractivity contribution in [2.24, 2.45) is 0 Å². The quantitative estimate of drug-likeness (QED) is 0.569. The van der Waals surface area contributed by atoms with Crippen molar-refractivity contribution >= 4 is 11.9 Å². The molecule has 1 heterocycles. The van der Waals surface area contributed by atoms with E-state index in [1.165, 1.54) is 37.6 Å². The van der Waals surface area contributed by atoms with E-state index in [4.69, 9.17) is 4.74 Å². The standard InChI is InChI=1S/C29H38N2O3/c1-21-7-6-19-31(21)20-16-23-8-10-24(11-9-23)25-12-14-26(15-13-25)29(17-4-5-18-29)28(33)30-22(2)27(32)34-3/h8-15,21-22H,4-7,16-20H2,1-3H3,(H,30,33)/t21-,22?/m1/s1. The largest absolute Gasteiger partial charge is 0.467 e. The molecule has 5 heteroatoms. The molecule has 0 radical (unpaired) electrons. The normalized spacial score (nSPS) is 20.7. The summed E-state index contributed by atoms with van der Waals surface area (Å²) in [6.07, 6.45) is 7.36. The minimum atomic E-state index is -0.651. The summed E-state index contributed by atoms with van der Waals surface area (Å²) in [5, 5.41) is 2.88. The molecule has 1 unspecified atom stereocenters. The second-order valence-electron chi connectivity index (χ2n) is 10.1. The van der Waals surface area contributed by atoms with E-state index in [0.29, 0.717) is 6.04 Å². The predicted octanol–water partition coefficient (Wildman–Crippen LogP) is 4.87. The van der Waals surface area contributed by atoms with Gasteiger partial charge in [0.25, 0.3) is 0 Å². The molecule has 2 aliphatic rings. The number of likely N-dealkylation sites (tertiary alicyclic amines) is 1. The number of carbonyl (C=O) groups excluding carboxylic acids is 2. The Kier molecular flexibility index (Phi) is 7.72. The Balaban J connectivity index is 1.44. The number of nitrogens with zero attached hydrogens (tertiary/aromatic N) is 1. The minimum Gasteiger partial charge on any atom is -0.467 e. The van der Waals surface area contributed by atoms with Crippen LogP contribution >= 0.6 is 0 Å². The van der Waals surface area contributed by atoms with Crippen molar-refractivity contribution in [2.45, 2.75) is 76.3 Å². The summed E-state index contributed by atoms with van der Waals surface area (Å²) in [4.78, 5) is 27.6. The molecule has 1 N–H and O–H groups in total. The molecule has 1 saturated carbocycles. The maximum Gasteiger partial charge on any atom is 0.328 e. The summed E-state index contributed by atoms with van der Waals surface area (Å²) < 4.78 is 4.78. The summed E-state index contributed by atoms with van der Waals surface area (Å²) >= 11 is 0. The van der Waals surface area contributed by atoms with Gasteiger partial charge in [0.05, 0.1) is 12.5 Å². The summed E-state index contributed by atoms with van der Waals surface area (Å²) in [5.41, 5.74) is 4.17. The molecular formula is C29H38N2O3. The number of benzene rings is 2. The summed E-state index contributed by atoms with van der Waals surface area (Å²) in [6.45, 7) is 6.37. The fraction of sp³-hybridized carbons (Fsp3) is 0.517. The first-order valence-electron chi connectivity index (χ1n) is 12.8. The lowest BCUT2D eigenvalue weighted by molar-refractivity contribution is -0.145. The predicted molar refractivity (Wildman–Crippen MR) is 136 cm³/mol. The van der Waals surface area contributed by atoms with Crippen molar-refractivity contribution in [3.05, 3.63) is 59.7 Å². The third kappa shape index (κ3) is 5.20. The maximum atomic E-state index is 13.2. The highest BCUT2D eigenvalue weighted by atomic mass is 16.5. The van der Waals surface area contributed by atoms with Crippen LogP contribution in [-0.4, -0.2) is 49.1 Å². The highest BCUT2D eigenvalue weighted by Gasteiger charge is 2.43. The van der Waals surface area contributed by atoms with Gasteiger partial charge >= 0.3 is 5.97 Å². The number of hydrogen-bond acceptors (Lipinski definition) is 4. The number of hydrogen-bond donors (Lipinski definition) is 1. The monoisotopic (exact) mass is 462 g/mol. The molecule has 0 spiro atoms. The average molecular weight is 463 g/mol. The Hall–Kier alpha value is -2.66. The molecule has 0 bridgehead atoms. The average Bonchev–Trinajstić information content (AvgIpc) is 3.52. The van der Waals surface area contributed by atoms with Gasteiger partial charge in [-0.3, -0.25) is 4.79 Å². The van der Waals surface area contributed by atoms with Crippen LogP contribution in [0, 0.1) is 0 Å². The van der Waals surface area contributed by atoms with Gasteiger partial charge in [0.2, 0.25) is 5.91 Å². The minimum absolute atomic E-state index is 0.0766. The van der Waals surface area contributed by atoms with Crippen molar-refractivity contribution in [3.63, 3.8) is 0 Å². The second kappa shape index (κ2) is 10.7. The van der Waals surface area contributed by atoms with Crippen LogP contribution in [0.5, 0.6) is 0 Å². The molecule has 2 aromatic rings. The zero-order valence-electron chi connectivity index (χ0n) is 20.8. The summed E-state index contributed by atoms with van der Waals surface area (Å²) in [7, 11) is 1.34. The van der Waals surface area contributed by atoms with Crippen molar-refractivity contribution in [3.8, 4) is 11.1 Å². The summed E-state index contributed by atoms with van der Waals surface area (Å²) in [6, 6.07) is 17.4. The van der Waals surface area contributed by atoms with Crippen LogP contribution in [0.15, 0.2) is 48.5 Å². The van der Waals surface area contributed by atoms with E-state index in [0.717, 1.165) is 49.8 Å². The first kappa shape index (κ1) is 24.5. The van der Waals surface area contributed by atoms with E-state index in [1.54, 1.807) is 6.92 Å². The van der Waals surface area contributed by atoms with E-state index in [1.807, 2.05) is 0 Å². The molecule has 1 saturated heterocycles. The Morgan fingerprint density at radius 2 is 1.65 bits per heavy atom. The van der Waals surface area contributed by atoms with Gasteiger partial charge in [0, 0.05) is 12.6 Å². The lowest BCUT2D eigenvalue weighted by atomic mass is 9.77. The number of methoxy groups -OCH3 is 1. The van der Waals surface area contributed by atoms with E-state index in [2.05, 4.69) is 65.7 Å². The van der Waals surface area contributed by atoms with Crippen molar-refractivity contribution in [2.75, 3.05) is 20.2 Å². The molecule has 1 amide bonds. The number of carbonyl (C=O) groups is 2. The second-order valence-corrected chi connectivity index (χ2v) is 10.1. The molecule has 2 fully saturated rings. The highest BCUT2D eigenvalue weighted by Crippen LogP contribution is 2.42. The Morgan fingerprint density at radius 3 is 2.21 bits per heavy atom. The van der Waals surface area contributed by atoms with E-state index >= 15 is 0 Å². The third-order valence-electron chi connectivity index (χ3n) is 7.90. The number of rotatable bonds is 8. The van der Waals surface area contributed by atoms with Crippen molar-refractivity contribution in [1.82, 2.24) is 10.2 Å². The van der Waals surface area contributed by atoms with Gasteiger partial charge in [0.1, 0.15) is 6.04 Å². The number of nitrogens with one attached hydrogen (secondary N) is 1. The van der Waals surface area contributed by atoms with Crippen LogP contribution in [0.25, 0.3) is 11.1 Å². The first-order valence-corrected chi connectivity index (χ1v) is 12.8. The van der Waals surface area contributed by atoms with Crippen LogP contribution in [-0.2, 0) is 26.2 Å². The van der Waals surface area contributed by atoms with Crippen LogP contribution in [0.3, 0.4) is 0 Å². The van der Waals surface area contributed by atoms with Crippen LogP contribution in [0.4, 0.5) is 0 Å². The van der Waals surface area contributed by atoms with E-state index < -0.39 is 17.4 Å². The highest BCUT2D eigenvalue weighted by molar-refractivity contribution is 5.92. The van der Waals surface area contributed by atoms with Gasteiger partial charge in [-0.05, 0) is 74.8 Å². The van der Waals surface area contributed by atoms with Crippen LogP contribution < -0.4 is 5.32 Å². The molecular weight excluding hydrogens is 424 g/mol. The zero-order valence-corrected chi connectivity index (χ0v) is 20.8. The van der Waals surface area contributed by atoms with Gasteiger partial charge in [0.15, 0.2) is 0 Å². The van der Waals surface area contributed by atoms with Crippen molar-refractivity contribution < 1.29 is 14.3 Å². The lowest BCUT2D eigenvalue weighted by Gasteiger charge is -2.29. The van der Waals surface area contributed by atoms with Gasteiger partial charge in [-0.2, -0.15) is 0 Å². The Bertz CT molecular complexity index is 977. The fourth-order valence-corrected chi connectivity index (χ4v) is 5.64. The number of ether oxygens (including phenoxy) is 1. The van der Waals surface area contributed by atoms with Crippen molar-refractivity contribution in [1.29, 1.82) is 0 Å². The molecule has 1 aliphatic carbocycles. The third-order valence-corrected chi connectivity index (χ3v) is 7.90. The van der Waals surface area contributed by atoms with E-state index in [-0.39, 0.29) is 5.91 Å². The maximum absolute atomic E-state index is 13.2. The molecule has 2 atom stereocenters. The molecule has 34 heavy (non-hydrogen) atoms. The van der Waals surface area contributed by atoms with Gasteiger partial charge in [-0.1, -0.05) is 61.4 Å². The van der Waals surface area contributed by atoms with Gasteiger partial charge in [-0.15, -0.1) is 0 Å². The Labute approximate surface area is 203 Å². The van der Waals surface area contributed by atoms with Crippen LogP contribution in [0.2, 0.25) is 0 Å². The SMILES string of the molecule is COC(=O)C(C)NC(=O)C1(c2ccc(-c3ccc(CCN4CCC[C@H]4C)cc3)cc2)CCCC1. The first-order chi connectivity index (χ1) is 16.4. The molecule has 2 aromatic carbocycles. The molecule has 4 rings (SSSR count). The van der Waals surface area contributed by atoms with E-state index in [9.17, 15) is 9.59 Å². The fourth-order valence-electron chi connectivity index (χ4n) is 5.64. The smallest absolute Gasteiger partial charge is 0.328 e. The Morgan fingerprint density at radius 1 is 1.03 bits per heavy atom. The molecule has 1 aliphatic heterocycles. The van der Waals surface area contributed by atoms with Gasteiger partial charge < -0.3 is 15.0 Å². The molecule has 5 nitrogen and oxygen atoms in total. The zero-order chi connectivity index (χ0) is 24.1. The van der Waals surface area contributed by atoms with Crippen LogP contribution in [0.1, 0.15) is 63.5 Å². The molecule has 182 valence electrons. The van der Waals surface area contributed by atoms with Gasteiger partial charge in [-0.25, -0.2) is 4.79 Å². The lowest BCUT2D eigenvalue weighted by Crippen LogP contribution is -2.48. The number of amides is 1.